The predicted octanol–water partition coefficient (Wildman–Crippen LogP) is 3.14. The third kappa shape index (κ3) is 2.29. The van der Waals surface area contributed by atoms with Crippen molar-refractivity contribution >= 4 is 22.5 Å². The number of aryl methyl sites for hydroxylation is 1. The summed E-state index contributed by atoms with van der Waals surface area (Å²) in [6.45, 7) is 1.89. The topological polar surface area (TPSA) is 47.8 Å². The summed E-state index contributed by atoms with van der Waals surface area (Å²) in [6, 6.07) is 7.84. The zero-order valence-corrected chi connectivity index (χ0v) is 11.9. The van der Waals surface area contributed by atoms with Crippen LogP contribution in [0.4, 0.5) is 4.39 Å². The van der Waals surface area contributed by atoms with Crippen molar-refractivity contribution in [3.63, 3.8) is 0 Å². The van der Waals surface area contributed by atoms with Gasteiger partial charge in [-0.25, -0.2) is 9.97 Å². The van der Waals surface area contributed by atoms with E-state index in [1.807, 2.05) is 6.92 Å². The minimum Gasteiger partial charge on any atom is -0.268 e. The zero-order chi connectivity index (χ0) is 15.0. The standard InChI is InChI=1S/C15H11ClFN3O/c1-2-13-19-11-5-3-4-10(16)14(11)15(21)20(13)9-6-7-12(17)18-8-9/h3-8H,2H2,1H3. The zero-order valence-electron chi connectivity index (χ0n) is 11.2. The second-order valence-electron chi connectivity index (χ2n) is 4.50. The Kier molecular flexibility index (Phi) is 3.43. The van der Waals surface area contributed by atoms with Crippen molar-refractivity contribution in [3.05, 3.63) is 63.7 Å². The molecule has 106 valence electrons. The number of benzene rings is 1. The first-order valence-corrected chi connectivity index (χ1v) is 6.81. The molecule has 3 rings (SSSR count). The molecule has 4 nitrogen and oxygen atoms in total. The molecule has 3 aromatic rings. The van der Waals surface area contributed by atoms with Gasteiger partial charge in [-0.2, -0.15) is 4.39 Å². The summed E-state index contributed by atoms with van der Waals surface area (Å²) in [5.74, 6) is -0.0280. The monoisotopic (exact) mass is 303 g/mol. The van der Waals surface area contributed by atoms with Gasteiger partial charge < -0.3 is 0 Å². The molecule has 0 aliphatic rings. The van der Waals surface area contributed by atoms with Crippen molar-refractivity contribution in [2.75, 3.05) is 0 Å². The fourth-order valence-electron chi connectivity index (χ4n) is 2.24. The van der Waals surface area contributed by atoms with Gasteiger partial charge in [-0.3, -0.25) is 9.36 Å². The van der Waals surface area contributed by atoms with Gasteiger partial charge in [-0.1, -0.05) is 24.6 Å². The molecule has 0 fully saturated rings. The second-order valence-corrected chi connectivity index (χ2v) is 4.90. The van der Waals surface area contributed by atoms with Gasteiger partial charge >= 0.3 is 0 Å². The summed E-state index contributed by atoms with van der Waals surface area (Å²) in [5.41, 5.74) is 0.735. The maximum Gasteiger partial charge on any atom is 0.267 e. The van der Waals surface area contributed by atoms with Crippen LogP contribution in [0, 0.1) is 5.95 Å². The fraction of sp³-hybridized carbons (Fsp3) is 0.133. The van der Waals surface area contributed by atoms with E-state index in [-0.39, 0.29) is 5.56 Å². The summed E-state index contributed by atoms with van der Waals surface area (Å²) in [6.07, 6.45) is 1.86. The predicted molar refractivity (Wildman–Crippen MR) is 79.5 cm³/mol. The Balaban J connectivity index is 2.41. The van der Waals surface area contributed by atoms with Crippen molar-refractivity contribution < 1.29 is 4.39 Å². The number of nitrogens with zero attached hydrogens (tertiary/aromatic N) is 3. The summed E-state index contributed by atoms with van der Waals surface area (Å²) in [5, 5.41) is 0.692. The van der Waals surface area contributed by atoms with E-state index < -0.39 is 5.95 Å². The third-order valence-corrected chi connectivity index (χ3v) is 3.52. The molecule has 6 heteroatoms. The highest BCUT2D eigenvalue weighted by Crippen LogP contribution is 2.20. The molecule has 0 N–H and O–H groups in total. The van der Waals surface area contributed by atoms with Crippen molar-refractivity contribution in [3.8, 4) is 5.69 Å². The Morgan fingerprint density at radius 3 is 2.76 bits per heavy atom. The number of halogens is 2. The lowest BCUT2D eigenvalue weighted by atomic mass is 10.2. The number of fused-ring (bicyclic) bond motifs is 1. The smallest absolute Gasteiger partial charge is 0.267 e. The van der Waals surface area contributed by atoms with Gasteiger partial charge in [0.05, 0.1) is 27.8 Å². The van der Waals surface area contributed by atoms with E-state index in [9.17, 15) is 9.18 Å². The first-order valence-electron chi connectivity index (χ1n) is 6.44. The largest absolute Gasteiger partial charge is 0.268 e. The first kappa shape index (κ1) is 13.7. The van der Waals surface area contributed by atoms with Crippen molar-refractivity contribution in [2.45, 2.75) is 13.3 Å². The van der Waals surface area contributed by atoms with Crippen molar-refractivity contribution in [1.82, 2.24) is 14.5 Å². The molecule has 2 heterocycles. The molecule has 0 aliphatic carbocycles. The lowest BCUT2D eigenvalue weighted by molar-refractivity contribution is 0.582. The molecule has 0 amide bonds. The van der Waals surface area contributed by atoms with Crippen LogP contribution in [0.2, 0.25) is 5.02 Å². The van der Waals surface area contributed by atoms with Gasteiger partial charge in [0.2, 0.25) is 5.95 Å². The van der Waals surface area contributed by atoms with Gasteiger partial charge in [0.1, 0.15) is 5.82 Å². The summed E-state index contributed by atoms with van der Waals surface area (Å²) < 4.78 is 14.4. The quantitative estimate of drug-likeness (QED) is 0.683. The van der Waals surface area contributed by atoms with Gasteiger partial charge in [-0.15, -0.1) is 0 Å². The highest BCUT2D eigenvalue weighted by Gasteiger charge is 2.14. The number of pyridine rings is 1. The number of aromatic nitrogens is 3. The van der Waals surface area contributed by atoms with Crippen molar-refractivity contribution in [1.29, 1.82) is 0 Å². The van der Waals surface area contributed by atoms with Gasteiger partial charge in [0.15, 0.2) is 0 Å². The van der Waals surface area contributed by atoms with Gasteiger partial charge in [0.25, 0.3) is 5.56 Å². The maximum atomic E-state index is 13.0. The summed E-state index contributed by atoms with van der Waals surface area (Å²) in [4.78, 5) is 20.8. The van der Waals surface area contributed by atoms with Crippen LogP contribution in [-0.4, -0.2) is 14.5 Å². The highest BCUT2D eigenvalue weighted by molar-refractivity contribution is 6.35. The minimum absolute atomic E-state index is 0.282. The van der Waals surface area contributed by atoms with Crippen LogP contribution in [0.1, 0.15) is 12.7 Å². The first-order chi connectivity index (χ1) is 10.1. The van der Waals surface area contributed by atoms with Gasteiger partial charge in [0, 0.05) is 6.42 Å². The number of hydrogen-bond acceptors (Lipinski definition) is 3. The van der Waals surface area contributed by atoms with Crippen molar-refractivity contribution in [2.24, 2.45) is 0 Å². The molecule has 0 unspecified atom stereocenters. The van der Waals surface area contributed by atoms with E-state index >= 15 is 0 Å². The molecule has 1 aromatic carbocycles. The molecule has 0 spiro atoms. The number of rotatable bonds is 2. The van der Waals surface area contributed by atoms with E-state index in [1.54, 1.807) is 18.2 Å². The Hall–Kier alpha value is -2.27. The van der Waals surface area contributed by atoms with E-state index in [0.29, 0.717) is 33.9 Å². The Morgan fingerprint density at radius 2 is 2.10 bits per heavy atom. The number of hydrogen-bond donors (Lipinski definition) is 0. The lowest BCUT2D eigenvalue weighted by Gasteiger charge is -2.12. The molecule has 0 saturated heterocycles. The Bertz CT molecular complexity index is 874. The van der Waals surface area contributed by atoms with Crippen LogP contribution >= 0.6 is 11.6 Å². The second kappa shape index (κ2) is 5.26. The molecule has 0 bridgehead atoms. The molecule has 0 atom stereocenters. The average Bonchev–Trinajstić information content (AvgIpc) is 2.48. The Morgan fingerprint density at radius 1 is 1.29 bits per heavy atom. The van der Waals surface area contributed by atoms with E-state index in [2.05, 4.69) is 9.97 Å². The fourth-order valence-corrected chi connectivity index (χ4v) is 2.49. The van der Waals surface area contributed by atoms with Crippen LogP contribution in [-0.2, 0) is 6.42 Å². The average molecular weight is 304 g/mol. The van der Waals surface area contributed by atoms with Crippen LogP contribution in [0.5, 0.6) is 0 Å². The van der Waals surface area contributed by atoms with E-state index in [1.165, 1.54) is 22.9 Å². The molecule has 0 saturated carbocycles. The third-order valence-electron chi connectivity index (χ3n) is 3.20. The van der Waals surface area contributed by atoms with Crippen LogP contribution in [0.15, 0.2) is 41.3 Å². The molecule has 0 aliphatic heterocycles. The van der Waals surface area contributed by atoms with Crippen LogP contribution < -0.4 is 5.56 Å². The van der Waals surface area contributed by atoms with E-state index in [4.69, 9.17) is 11.6 Å². The summed E-state index contributed by atoms with van der Waals surface area (Å²) >= 11 is 6.11. The minimum atomic E-state index is -0.600. The highest BCUT2D eigenvalue weighted by atomic mass is 35.5. The molecule has 21 heavy (non-hydrogen) atoms. The molecule has 0 radical (unpaired) electrons. The Labute approximate surface area is 124 Å². The molecular formula is C15H11ClFN3O. The SMILES string of the molecule is CCc1nc2cccc(Cl)c2c(=O)n1-c1ccc(F)nc1. The molecule has 2 aromatic heterocycles. The summed E-state index contributed by atoms with van der Waals surface area (Å²) in [7, 11) is 0. The van der Waals surface area contributed by atoms with Crippen LogP contribution in [0.3, 0.4) is 0 Å². The normalized spacial score (nSPS) is 11.0. The van der Waals surface area contributed by atoms with E-state index in [0.717, 1.165) is 0 Å². The van der Waals surface area contributed by atoms with Crippen LogP contribution in [0.25, 0.3) is 16.6 Å². The molecular weight excluding hydrogens is 293 g/mol. The maximum absolute atomic E-state index is 13.0. The lowest BCUT2D eigenvalue weighted by Crippen LogP contribution is -2.24. The van der Waals surface area contributed by atoms with Gasteiger partial charge in [-0.05, 0) is 24.3 Å².